The smallest absolute Gasteiger partial charge is 0.234 e. The molecule has 1 unspecified atom stereocenters. The highest BCUT2D eigenvalue weighted by Gasteiger charge is 2.07. The predicted molar refractivity (Wildman–Crippen MR) is 84.6 cm³/mol. The van der Waals surface area contributed by atoms with Crippen molar-refractivity contribution in [1.29, 1.82) is 0 Å². The summed E-state index contributed by atoms with van der Waals surface area (Å²) in [5.41, 5.74) is 1.34. The van der Waals surface area contributed by atoms with E-state index in [1.54, 1.807) is 12.4 Å². The lowest BCUT2D eigenvalue weighted by Crippen LogP contribution is -2.18. The van der Waals surface area contributed by atoms with E-state index in [0.29, 0.717) is 11.9 Å². The molecule has 0 radical (unpaired) electrons. The Labute approximate surface area is 126 Å². The summed E-state index contributed by atoms with van der Waals surface area (Å²) in [7, 11) is 2.08. The molecule has 0 amide bonds. The van der Waals surface area contributed by atoms with E-state index in [-0.39, 0.29) is 6.10 Å². The summed E-state index contributed by atoms with van der Waals surface area (Å²) in [4.78, 5) is 8.58. The number of aromatic nitrogens is 3. The molecule has 5 heteroatoms. The van der Waals surface area contributed by atoms with E-state index in [2.05, 4.69) is 52.2 Å². The van der Waals surface area contributed by atoms with Gasteiger partial charge in [-0.15, -0.1) is 0 Å². The highest BCUT2D eigenvalue weighted by molar-refractivity contribution is 5.34. The molecule has 0 bridgehead atoms. The van der Waals surface area contributed by atoms with E-state index < -0.39 is 0 Å². The fraction of sp³-hybridized carbons (Fsp3) is 0.500. The maximum absolute atomic E-state index is 5.55. The largest absolute Gasteiger partial charge is 0.474 e. The van der Waals surface area contributed by atoms with Crippen LogP contribution in [0.1, 0.15) is 32.9 Å². The molecule has 0 saturated heterocycles. The number of ether oxygens (including phenoxy) is 1. The molecule has 2 aromatic rings. The number of nitrogens with one attached hydrogen (secondary N) is 1. The van der Waals surface area contributed by atoms with E-state index in [0.717, 1.165) is 18.7 Å². The molecule has 21 heavy (non-hydrogen) atoms. The van der Waals surface area contributed by atoms with Gasteiger partial charge in [-0.25, -0.2) is 0 Å². The van der Waals surface area contributed by atoms with Gasteiger partial charge in [-0.1, -0.05) is 0 Å². The van der Waals surface area contributed by atoms with Gasteiger partial charge in [-0.05, 0) is 45.7 Å². The van der Waals surface area contributed by atoms with Gasteiger partial charge in [0.05, 0.1) is 18.5 Å². The molecule has 2 aromatic heterocycles. The van der Waals surface area contributed by atoms with Crippen LogP contribution < -0.4 is 10.1 Å². The molecule has 0 aliphatic carbocycles. The van der Waals surface area contributed by atoms with Crippen LogP contribution in [0.3, 0.4) is 0 Å². The monoisotopic (exact) mass is 288 g/mol. The van der Waals surface area contributed by atoms with Crippen LogP contribution in [0.5, 0.6) is 5.88 Å². The lowest BCUT2D eigenvalue weighted by Gasteiger charge is -2.15. The molecule has 5 nitrogen and oxygen atoms in total. The highest BCUT2D eigenvalue weighted by atomic mass is 16.5. The van der Waals surface area contributed by atoms with Crippen molar-refractivity contribution in [2.24, 2.45) is 7.05 Å². The van der Waals surface area contributed by atoms with E-state index in [1.807, 2.05) is 13.8 Å². The van der Waals surface area contributed by atoms with Crippen molar-refractivity contribution in [3.63, 3.8) is 0 Å². The molecule has 114 valence electrons. The second-order valence-corrected chi connectivity index (χ2v) is 5.60. The summed E-state index contributed by atoms with van der Waals surface area (Å²) < 4.78 is 7.71. The predicted octanol–water partition coefficient (Wildman–Crippen LogP) is 3.04. The molecule has 0 aromatic carbocycles. The summed E-state index contributed by atoms with van der Waals surface area (Å²) in [6.07, 6.45) is 7.61. The van der Waals surface area contributed by atoms with Gasteiger partial charge in [-0.3, -0.25) is 4.98 Å². The first-order valence-corrected chi connectivity index (χ1v) is 7.40. The highest BCUT2D eigenvalue weighted by Crippen LogP contribution is 2.13. The third-order valence-corrected chi connectivity index (χ3v) is 3.25. The van der Waals surface area contributed by atoms with E-state index in [9.17, 15) is 0 Å². The van der Waals surface area contributed by atoms with Crippen LogP contribution in [0.2, 0.25) is 0 Å². The Hall–Kier alpha value is -2.04. The van der Waals surface area contributed by atoms with E-state index in [4.69, 9.17) is 4.74 Å². The molecular weight excluding hydrogens is 264 g/mol. The van der Waals surface area contributed by atoms with Gasteiger partial charge < -0.3 is 14.6 Å². The first kappa shape index (κ1) is 15.4. The van der Waals surface area contributed by atoms with Crippen LogP contribution in [0.4, 0.5) is 5.82 Å². The summed E-state index contributed by atoms with van der Waals surface area (Å²) in [5, 5.41) is 3.37. The van der Waals surface area contributed by atoms with Gasteiger partial charge in [0.2, 0.25) is 5.88 Å². The molecule has 0 aliphatic rings. The fourth-order valence-electron chi connectivity index (χ4n) is 2.16. The van der Waals surface area contributed by atoms with Crippen molar-refractivity contribution >= 4 is 5.82 Å². The summed E-state index contributed by atoms with van der Waals surface area (Å²) in [5.74, 6) is 1.32. The summed E-state index contributed by atoms with van der Waals surface area (Å²) in [6, 6.07) is 4.55. The molecule has 0 spiro atoms. The first-order valence-electron chi connectivity index (χ1n) is 7.40. The topological polar surface area (TPSA) is 52.0 Å². The number of hydrogen-bond donors (Lipinski definition) is 1. The molecular formula is C16H24N4O. The van der Waals surface area contributed by atoms with Gasteiger partial charge >= 0.3 is 0 Å². The fourth-order valence-corrected chi connectivity index (χ4v) is 2.16. The number of hydrogen-bond acceptors (Lipinski definition) is 4. The molecule has 2 rings (SSSR count). The van der Waals surface area contributed by atoms with Crippen molar-refractivity contribution in [1.82, 2.24) is 14.5 Å². The normalized spacial score (nSPS) is 12.4. The van der Waals surface area contributed by atoms with Crippen LogP contribution in [0.15, 0.2) is 30.7 Å². The Balaban J connectivity index is 1.87. The Bertz CT molecular complexity index is 565. The van der Waals surface area contributed by atoms with Gasteiger partial charge in [0.15, 0.2) is 0 Å². The maximum Gasteiger partial charge on any atom is 0.234 e. The lowest BCUT2D eigenvalue weighted by atomic mass is 10.1. The van der Waals surface area contributed by atoms with Crippen molar-refractivity contribution in [2.75, 3.05) is 5.32 Å². The third-order valence-electron chi connectivity index (χ3n) is 3.25. The Morgan fingerprint density at radius 3 is 2.76 bits per heavy atom. The third kappa shape index (κ3) is 4.77. The van der Waals surface area contributed by atoms with Crippen LogP contribution in [0.25, 0.3) is 0 Å². The second-order valence-electron chi connectivity index (χ2n) is 5.60. The first-order chi connectivity index (χ1) is 10.0. The van der Waals surface area contributed by atoms with Crippen molar-refractivity contribution < 1.29 is 4.74 Å². The number of anilines is 1. The summed E-state index contributed by atoms with van der Waals surface area (Å²) in [6.45, 7) is 6.11. The number of nitrogens with zero attached hydrogens (tertiary/aromatic N) is 3. The van der Waals surface area contributed by atoms with Crippen LogP contribution >= 0.6 is 0 Å². The van der Waals surface area contributed by atoms with Crippen molar-refractivity contribution in [3.8, 4) is 5.88 Å². The van der Waals surface area contributed by atoms with E-state index in [1.165, 1.54) is 5.69 Å². The van der Waals surface area contributed by atoms with Crippen LogP contribution in [-0.2, 0) is 13.5 Å². The lowest BCUT2D eigenvalue weighted by molar-refractivity contribution is 0.232. The SMILES string of the molecule is CC(CCc1cccn1C)Nc1cncc(OC(C)C)n1. The Morgan fingerprint density at radius 1 is 1.29 bits per heavy atom. The molecule has 1 N–H and O–H groups in total. The van der Waals surface area contributed by atoms with Crippen molar-refractivity contribution in [2.45, 2.75) is 45.8 Å². The van der Waals surface area contributed by atoms with E-state index >= 15 is 0 Å². The van der Waals surface area contributed by atoms with Crippen molar-refractivity contribution in [3.05, 3.63) is 36.4 Å². The number of rotatable bonds is 7. The zero-order valence-electron chi connectivity index (χ0n) is 13.2. The zero-order valence-corrected chi connectivity index (χ0v) is 13.2. The minimum absolute atomic E-state index is 0.101. The molecule has 1 atom stereocenters. The quantitative estimate of drug-likeness (QED) is 0.851. The van der Waals surface area contributed by atoms with Gasteiger partial charge in [0.25, 0.3) is 0 Å². The van der Waals surface area contributed by atoms with Gasteiger partial charge in [0, 0.05) is 25.0 Å². The maximum atomic E-state index is 5.55. The minimum atomic E-state index is 0.101. The molecule has 0 aliphatic heterocycles. The molecule has 2 heterocycles. The zero-order chi connectivity index (χ0) is 15.2. The second kappa shape index (κ2) is 7.11. The average molecular weight is 288 g/mol. The molecule has 0 saturated carbocycles. The van der Waals surface area contributed by atoms with Crippen LogP contribution in [0, 0.1) is 0 Å². The average Bonchev–Trinajstić information content (AvgIpc) is 2.81. The van der Waals surface area contributed by atoms with Gasteiger partial charge in [0.1, 0.15) is 5.82 Å². The summed E-state index contributed by atoms with van der Waals surface area (Å²) >= 11 is 0. The minimum Gasteiger partial charge on any atom is -0.474 e. The Kier molecular flexibility index (Phi) is 5.20. The van der Waals surface area contributed by atoms with Gasteiger partial charge in [-0.2, -0.15) is 4.98 Å². The Morgan fingerprint density at radius 2 is 2.10 bits per heavy atom. The number of aryl methyl sites for hydroxylation is 2. The molecule has 0 fully saturated rings. The standard InChI is InChI=1S/C16H24N4O/c1-12(2)21-16-11-17-10-15(19-16)18-13(3)7-8-14-6-5-9-20(14)4/h5-6,9-13H,7-8H2,1-4H3,(H,18,19). The van der Waals surface area contributed by atoms with Crippen LogP contribution in [-0.4, -0.2) is 26.7 Å².